The maximum atomic E-state index is 12.4. The zero-order chi connectivity index (χ0) is 21.8. The zero-order valence-electron chi connectivity index (χ0n) is 16.3. The number of nitrogens with one attached hydrogen (secondary N) is 2. The van der Waals surface area contributed by atoms with E-state index in [0.717, 1.165) is 9.79 Å². The number of carbonyl (C=O) groups is 1. The third kappa shape index (κ3) is 4.90. The van der Waals surface area contributed by atoms with E-state index in [1.54, 1.807) is 36.0 Å². The van der Waals surface area contributed by atoms with E-state index in [2.05, 4.69) is 10.3 Å². The van der Waals surface area contributed by atoms with E-state index in [-0.39, 0.29) is 18.9 Å². The van der Waals surface area contributed by atoms with Crippen LogP contribution < -0.4 is 16.6 Å². The number of aryl methyl sites for hydroxylation is 1. The molecule has 0 bridgehead atoms. The van der Waals surface area contributed by atoms with Gasteiger partial charge >= 0.3 is 5.69 Å². The highest BCUT2D eigenvalue weighted by Gasteiger charge is 2.10. The van der Waals surface area contributed by atoms with E-state index in [9.17, 15) is 14.4 Å². The first-order valence-electron chi connectivity index (χ1n) is 9.55. The summed E-state index contributed by atoms with van der Waals surface area (Å²) in [6.07, 6.45) is 0.0894. The van der Waals surface area contributed by atoms with Crippen molar-refractivity contribution in [2.45, 2.75) is 22.8 Å². The maximum Gasteiger partial charge on any atom is 0.328 e. The third-order valence-electron chi connectivity index (χ3n) is 4.67. The molecule has 6 nitrogen and oxygen atoms in total. The fourth-order valence-electron chi connectivity index (χ4n) is 3.16. The number of amides is 1. The molecule has 1 aromatic heterocycles. The minimum Gasteiger partial charge on any atom is -0.326 e. The molecular weight excluding hydrogens is 434 g/mol. The molecule has 0 spiro atoms. The molecule has 0 aliphatic carbocycles. The molecule has 156 valence electrons. The molecular formula is C23H18ClN3O3S. The second-order valence-electron chi connectivity index (χ2n) is 6.78. The van der Waals surface area contributed by atoms with E-state index < -0.39 is 11.2 Å². The summed E-state index contributed by atoms with van der Waals surface area (Å²) in [4.78, 5) is 40.8. The predicted octanol–water partition coefficient (Wildman–Crippen LogP) is 4.52. The minimum atomic E-state index is -0.530. The number of rotatable bonds is 6. The molecule has 1 heterocycles. The summed E-state index contributed by atoms with van der Waals surface area (Å²) < 4.78 is 1.40. The van der Waals surface area contributed by atoms with Gasteiger partial charge in [-0.1, -0.05) is 47.6 Å². The van der Waals surface area contributed by atoms with Gasteiger partial charge in [0.1, 0.15) is 0 Å². The number of nitrogens with zero attached hydrogens (tertiary/aromatic N) is 1. The molecule has 8 heteroatoms. The molecule has 4 aromatic rings. The van der Waals surface area contributed by atoms with E-state index in [4.69, 9.17) is 11.6 Å². The van der Waals surface area contributed by atoms with Crippen molar-refractivity contribution in [3.05, 3.63) is 98.7 Å². The summed E-state index contributed by atoms with van der Waals surface area (Å²) >= 11 is 7.74. The summed E-state index contributed by atoms with van der Waals surface area (Å²) in [6.45, 7) is 0.155. The van der Waals surface area contributed by atoms with E-state index in [1.807, 2.05) is 48.5 Å². The normalized spacial score (nSPS) is 10.9. The lowest BCUT2D eigenvalue weighted by molar-refractivity contribution is -0.116. The van der Waals surface area contributed by atoms with Crippen LogP contribution in [0.25, 0.3) is 10.9 Å². The van der Waals surface area contributed by atoms with Gasteiger partial charge in [-0.25, -0.2) is 4.79 Å². The van der Waals surface area contributed by atoms with Gasteiger partial charge < -0.3 is 5.32 Å². The Bertz CT molecular complexity index is 1360. The molecule has 0 fully saturated rings. The summed E-state index contributed by atoms with van der Waals surface area (Å²) in [6, 6.07) is 21.9. The van der Waals surface area contributed by atoms with Gasteiger partial charge in [0.15, 0.2) is 0 Å². The van der Waals surface area contributed by atoms with Gasteiger partial charge in [-0.2, -0.15) is 0 Å². The number of benzene rings is 3. The van der Waals surface area contributed by atoms with Crippen molar-refractivity contribution in [3.8, 4) is 0 Å². The molecule has 0 aliphatic rings. The highest BCUT2D eigenvalue weighted by Crippen LogP contribution is 2.33. The van der Waals surface area contributed by atoms with Crippen LogP contribution in [0.15, 0.2) is 92.2 Å². The Kier molecular flexibility index (Phi) is 6.25. The molecule has 0 saturated heterocycles. The molecule has 4 rings (SSSR count). The van der Waals surface area contributed by atoms with Crippen molar-refractivity contribution >= 4 is 45.9 Å². The third-order valence-corrected chi connectivity index (χ3v) is 6.20. The van der Waals surface area contributed by atoms with Gasteiger partial charge in [-0.05, 0) is 48.5 Å². The van der Waals surface area contributed by atoms with Gasteiger partial charge in [0, 0.05) is 28.4 Å². The van der Waals surface area contributed by atoms with Crippen LogP contribution in [0.1, 0.15) is 6.42 Å². The van der Waals surface area contributed by atoms with Crippen molar-refractivity contribution in [1.29, 1.82) is 0 Å². The fourth-order valence-corrected chi connectivity index (χ4v) is 4.25. The van der Waals surface area contributed by atoms with Crippen molar-refractivity contribution in [2.75, 3.05) is 5.32 Å². The highest BCUT2D eigenvalue weighted by atomic mass is 35.5. The van der Waals surface area contributed by atoms with Crippen LogP contribution >= 0.6 is 23.4 Å². The number of H-pyrrole nitrogens is 1. The Labute approximate surface area is 186 Å². The molecule has 0 atom stereocenters. The van der Waals surface area contributed by atoms with Crippen LogP contribution in [0.2, 0.25) is 5.02 Å². The van der Waals surface area contributed by atoms with Gasteiger partial charge in [0.25, 0.3) is 5.56 Å². The van der Waals surface area contributed by atoms with Crippen LogP contribution in [0.5, 0.6) is 0 Å². The summed E-state index contributed by atoms with van der Waals surface area (Å²) in [5, 5.41) is 3.93. The first-order valence-corrected chi connectivity index (χ1v) is 10.7. The number of aromatic amines is 1. The fraction of sp³-hybridized carbons (Fsp3) is 0.0870. The van der Waals surface area contributed by atoms with Crippen LogP contribution in [0.3, 0.4) is 0 Å². The smallest absolute Gasteiger partial charge is 0.326 e. The Morgan fingerprint density at radius 1 is 0.968 bits per heavy atom. The molecule has 0 aliphatic heterocycles. The number of carbonyl (C=O) groups excluding carboxylic acids is 1. The largest absolute Gasteiger partial charge is 0.328 e. The van der Waals surface area contributed by atoms with Crippen molar-refractivity contribution in [1.82, 2.24) is 9.55 Å². The second kappa shape index (κ2) is 9.24. The molecule has 1 amide bonds. The Balaban J connectivity index is 1.41. The monoisotopic (exact) mass is 451 g/mol. The Morgan fingerprint density at radius 3 is 2.45 bits per heavy atom. The van der Waals surface area contributed by atoms with Crippen LogP contribution in [-0.2, 0) is 11.3 Å². The zero-order valence-corrected chi connectivity index (χ0v) is 17.9. The Hall–Kier alpha value is -3.29. The number of hydrogen-bond donors (Lipinski definition) is 2. The van der Waals surface area contributed by atoms with E-state index >= 15 is 0 Å². The molecule has 3 aromatic carbocycles. The summed E-state index contributed by atoms with van der Waals surface area (Å²) in [5.74, 6) is -0.228. The lowest BCUT2D eigenvalue weighted by atomic mass is 10.2. The maximum absolute atomic E-state index is 12.4. The molecule has 0 radical (unpaired) electrons. The first-order chi connectivity index (χ1) is 15.0. The van der Waals surface area contributed by atoms with Crippen LogP contribution in [-0.4, -0.2) is 15.5 Å². The highest BCUT2D eigenvalue weighted by molar-refractivity contribution is 7.99. The first kappa shape index (κ1) is 21.0. The van der Waals surface area contributed by atoms with Crippen molar-refractivity contribution in [2.24, 2.45) is 0 Å². The molecule has 0 unspecified atom stereocenters. The van der Waals surface area contributed by atoms with Crippen LogP contribution in [0.4, 0.5) is 5.69 Å². The van der Waals surface area contributed by atoms with Gasteiger partial charge in [-0.15, -0.1) is 0 Å². The van der Waals surface area contributed by atoms with Crippen molar-refractivity contribution in [3.63, 3.8) is 0 Å². The van der Waals surface area contributed by atoms with Crippen LogP contribution in [0, 0.1) is 0 Å². The molecule has 31 heavy (non-hydrogen) atoms. The number of fused-ring (bicyclic) bond motifs is 1. The quantitative estimate of drug-likeness (QED) is 0.451. The average Bonchev–Trinajstić information content (AvgIpc) is 2.76. The SMILES string of the molecule is O=C(CCn1c(=O)[nH]c(=O)c2ccccc21)Nc1ccc(Sc2ccccc2Cl)cc1. The standard InChI is InChI=1S/C23H18ClN3O3S/c24-18-6-2-4-8-20(18)31-16-11-9-15(10-12-16)25-21(28)13-14-27-19-7-3-1-5-17(19)22(29)26-23(27)30/h1-12H,13-14H2,(H,25,28)(H,26,29,30). The van der Waals surface area contributed by atoms with Gasteiger partial charge in [-0.3, -0.25) is 19.1 Å². The predicted molar refractivity (Wildman–Crippen MR) is 124 cm³/mol. The number of anilines is 1. The topological polar surface area (TPSA) is 84.0 Å². The average molecular weight is 452 g/mol. The summed E-state index contributed by atoms with van der Waals surface area (Å²) in [7, 11) is 0. The van der Waals surface area contributed by atoms with Gasteiger partial charge in [0.05, 0.1) is 15.9 Å². The second-order valence-corrected chi connectivity index (χ2v) is 8.31. The Morgan fingerprint density at radius 2 is 1.68 bits per heavy atom. The van der Waals surface area contributed by atoms with E-state index in [0.29, 0.717) is 21.6 Å². The van der Waals surface area contributed by atoms with Gasteiger partial charge in [0.2, 0.25) is 5.91 Å². The minimum absolute atomic E-state index is 0.0894. The lowest BCUT2D eigenvalue weighted by Gasteiger charge is -2.10. The molecule has 2 N–H and O–H groups in total. The number of aromatic nitrogens is 2. The van der Waals surface area contributed by atoms with E-state index in [1.165, 1.54) is 4.57 Å². The number of para-hydroxylation sites is 1. The number of hydrogen-bond acceptors (Lipinski definition) is 4. The molecule has 0 saturated carbocycles. The van der Waals surface area contributed by atoms with Crippen molar-refractivity contribution < 1.29 is 4.79 Å². The summed E-state index contributed by atoms with van der Waals surface area (Å²) in [5.41, 5.74) is 0.200. The number of halogens is 1. The lowest BCUT2D eigenvalue weighted by Crippen LogP contribution is -2.31.